The first kappa shape index (κ1) is 74.0. The van der Waals surface area contributed by atoms with Crippen molar-refractivity contribution < 1.29 is 28.6 Å². The molecule has 0 amide bonds. The fourth-order valence-electron chi connectivity index (χ4n) is 8.36. The number of esters is 3. The summed E-state index contributed by atoms with van der Waals surface area (Å²) in [4.78, 5) is 38.2. The zero-order chi connectivity index (χ0) is 57.1. The van der Waals surface area contributed by atoms with Gasteiger partial charge in [-0.1, -0.05) is 275 Å². The minimum atomic E-state index is -0.822. The number of allylic oxidation sites excluding steroid dienone is 26. The lowest BCUT2D eigenvalue weighted by Crippen LogP contribution is -2.30. The maximum Gasteiger partial charge on any atom is 0.306 e. The Morgan fingerprint density at radius 1 is 0.253 bits per heavy atom. The lowest BCUT2D eigenvalue weighted by molar-refractivity contribution is -0.166. The third-order valence-electron chi connectivity index (χ3n) is 13.0. The quantitative estimate of drug-likeness (QED) is 0.0261. The molecule has 0 rings (SSSR count). The normalized spacial score (nSPS) is 13.2. The molecule has 444 valence electrons. The van der Waals surface area contributed by atoms with Gasteiger partial charge in [-0.05, 0) is 128 Å². The smallest absolute Gasteiger partial charge is 0.306 e. The summed E-state index contributed by atoms with van der Waals surface area (Å²) in [5.41, 5.74) is 0. The van der Waals surface area contributed by atoms with Crippen LogP contribution in [0.4, 0.5) is 0 Å². The second kappa shape index (κ2) is 65.5. The van der Waals surface area contributed by atoms with Crippen molar-refractivity contribution in [2.75, 3.05) is 13.2 Å². The van der Waals surface area contributed by atoms with Crippen molar-refractivity contribution in [3.05, 3.63) is 158 Å². The van der Waals surface area contributed by atoms with Crippen LogP contribution in [0, 0.1) is 0 Å². The molecule has 0 aromatic carbocycles. The van der Waals surface area contributed by atoms with E-state index in [-0.39, 0.29) is 44.0 Å². The van der Waals surface area contributed by atoms with Gasteiger partial charge < -0.3 is 14.2 Å². The number of hydrogen-bond acceptors (Lipinski definition) is 6. The van der Waals surface area contributed by atoms with Crippen molar-refractivity contribution in [2.45, 2.75) is 271 Å². The van der Waals surface area contributed by atoms with Crippen molar-refractivity contribution in [3.8, 4) is 0 Å². The SMILES string of the molecule is CC/C=C\C/C=C\C/C=C\C/C=C\C/C=C\C/C=C\CCCCCCCCCCCCCCCCC(=O)OCC(COC(=O)CC/C=C\C/C=C\C/C=C\C/C=C\CC)OC(=O)CCCCCCC/C=C\C/C=C\C/C=C\CC. The first-order valence-electron chi connectivity index (χ1n) is 32.0. The van der Waals surface area contributed by atoms with E-state index in [9.17, 15) is 14.4 Å². The van der Waals surface area contributed by atoms with Crippen LogP contribution in [0.3, 0.4) is 0 Å². The summed E-state index contributed by atoms with van der Waals surface area (Å²) in [6.45, 7) is 6.21. The first-order valence-corrected chi connectivity index (χ1v) is 32.0. The standard InChI is InChI=1S/C73H116O6/c1-4-7-10-13-16-19-22-25-27-28-29-30-31-32-33-34-35-36-37-38-39-40-41-42-43-44-46-48-51-54-57-60-63-66-72(75)78-69-70(68-77-71(74)65-62-59-56-53-50-47-24-21-18-15-12-9-6-3)79-73(76)67-64-61-58-55-52-49-45-26-23-20-17-14-11-8-5-2/h7-12,16-21,25-27,29-30,32-33,35-36,45,47,50,56,59,70H,4-6,13-15,22-24,28,31,34,37-44,46,48-49,51-55,57-58,60-69H2,1-3H3/b10-7-,11-8-,12-9-,19-16-,20-17-,21-18-,27-25-,30-29-,33-32-,36-35-,45-26-,50-47-,59-56-. The molecule has 0 N–H and O–H groups in total. The van der Waals surface area contributed by atoms with E-state index in [1.165, 1.54) is 77.0 Å². The van der Waals surface area contributed by atoms with Gasteiger partial charge in [0.25, 0.3) is 0 Å². The van der Waals surface area contributed by atoms with Crippen molar-refractivity contribution in [1.29, 1.82) is 0 Å². The molecule has 0 aliphatic heterocycles. The molecule has 0 saturated heterocycles. The zero-order valence-corrected chi connectivity index (χ0v) is 50.8. The van der Waals surface area contributed by atoms with Crippen molar-refractivity contribution >= 4 is 17.9 Å². The lowest BCUT2D eigenvalue weighted by Gasteiger charge is -2.18. The highest BCUT2D eigenvalue weighted by Crippen LogP contribution is 2.15. The Kier molecular flexibility index (Phi) is 61.4. The maximum absolute atomic E-state index is 12.9. The molecule has 0 spiro atoms. The van der Waals surface area contributed by atoms with Gasteiger partial charge in [0.2, 0.25) is 0 Å². The Morgan fingerprint density at radius 3 is 0.785 bits per heavy atom. The summed E-state index contributed by atoms with van der Waals surface area (Å²) < 4.78 is 16.8. The number of rotatable bonds is 56. The second-order valence-corrected chi connectivity index (χ2v) is 20.5. The van der Waals surface area contributed by atoms with Gasteiger partial charge in [0.15, 0.2) is 6.10 Å². The lowest BCUT2D eigenvalue weighted by atomic mass is 10.0. The summed E-state index contributed by atoms with van der Waals surface area (Å²) >= 11 is 0. The molecule has 6 nitrogen and oxygen atoms in total. The Labute approximate surface area is 486 Å². The Balaban J connectivity index is 4.26. The van der Waals surface area contributed by atoms with Crippen molar-refractivity contribution in [3.63, 3.8) is 0 Å². The van der Waals surface area contributed by atoms with Crippen LogP contribution in [-0.2, 0) is 28.6 Å². The molecule has 0 saturated carbocycles. The van der Waals surface area contributed by atoms with Gasteiger partial charge in [-0.15, -0.1) is 0 Å². The molecule has 0 fully saturated rings. The number of carbonyl (C=O) groups excluding carboxylic acids is 3. The first-order chi connectivity index (χ1) is 39.0. The molecule has 1 atom stereocenters. The molecule has 1 unspecified atom stereocenters. The Bertz CT molecular complexity index is 1780. The van der Waals surface area contributed by atoms with E-state index in [1.54, 1.807) is 0 Å². The van der Waals surface area contributed by atoms with E-state index in [4.69, 9.17) is 14.2 Å². The van der Waals surface area contributed by atoms with Crippen molar-refractivity contribution in [1.82, 2.24) is 0 Å². The highest BCUT2D eigenvalue weighted by Gasteiger charge is 2.19. The van der Waals surface area contributed by atoms with Crippen molar-refractivity contribution in [2.24, 2.45) is 0 Å². The average Bonchev–Trinajstić information content (AvgIpc) is 3.45. The van der Waals surface area contributed by atoms with Crippen LogP contribution in [0.15, 0.2) is 158 Å². The molecule has 0 bridgehead atoms. The molecule has 0 aliphatic rings. The van der Waals surface area contributed by atoms with E-state index < -0.39 is 6.10 Å². The van der Waals surface area contributed by atoms with Crippen LogP contribution in [0.25, 0.3) is 0 Å². The molecule has 79 heavy (non-hydrogen) atoms. The monoisotopic (exact) mass is 1090 g/mol. The molecule has 6 heteroatoms. The third-order valence-corrected chi connectivity index (χ3v) is 13.0. The minimum absolute atomic E-state index is 0.112. The van der Waals surface area contributed by atoms with Gasteiger partial charge in [-0.25, -0.2) is 0 Å². The highest BCUT2D eigenvalue weighted by molar-refractivity contribution is 5.71. The van der Waals surface area contributed by atoms with Crippen LogP contribution in [0.1, 0.15) is 265 Å². The van der Waals surface area contributed by atoms with Crippen LogP contribution < -0.4 is 0 Å². The Morgan fingerprint density at radius 2 is 0.481 bits per heavy atom. The van der Waals surface area contributed by atoms with Crippen LogP contribution in [0.2, 0.25) is 0 Å². The van der Waals surface area contributed by atoms with Gasteiger partial charge in [0, 0.05) is 19.3 Å². The summed E-state index contributed by atoms with van der Waals surface area (Å²) in [5, 5.41) is 0. The number of hydrogen-bond donors (Lipinski definition) is 0. The summed E-state index contributed by atoms with van der Waals surface area (Å²) in [6, 6.07) is 0. The van der Waals surface area contributed by atoms with E-state index in [1.807, 2.05) is 12.2 Å². The summed E-state index contributed by atoms with van der Waals surface area (Å²) in [5.74, 6) is -1.02. The predicted octanol–water partition coefficient (Wildman–Crippen LogP) is 22.1. The summed E-state index contributed by atoms with van der Waals surface area (Å²) in [6.07, 6.45) is 95.7. The largest absolute Gasteiger partial charge is 0.462 e. The van der Waals surface area contributed by atoms with E-state index in [0.717, 1.165) is 141 Å². The van der Waals surface area contributed by atoms with Gasteiger partial charge in [0.05, 0.1) is 0 Å². The van der Waals surface area contributed by atoms with Crippen LogP contribution in [0.5, 0.6) is 0 Å². The van der Waals surface area contributed by atoms with Gasteiger partial charge in [0.1, 0.15) is 13.2 Å². The molecular weight excluding hydrogens is 973 g/mol. The predicted molar refractivity (Wildman–Crippen MR) is 343 cm³/mol. The zero-order valence-electron chi connectivity index (χ0n) is 50.8. The molecular formula is C73H116O6. The molecule has 0 aromatic heterocycles. The van der Waals surface area contributed by atoms with E-state index >= 15 is 0 Å². The average molecular weight is 1090 g/mol. The Hall–Kier alpha value is -4.97. The van der Waals surface area contributed by atoms with Gasteiger partial charge in [-0.3, -0.25) is 14.4 Å². The van der Waals surface area contributed by atoms with E-state index in [0.29, 0.717) is 12.8 Å². The second-order valence-electron chi connectivity index (χ2n) is 20.5. The van der Waals surface area contributed by atoms with Gasteiger partial charge in [-0.2, -0.15) is 0 Å². The van der Waals surface area contributed by atoms with Crippen LogP contribution >= 0.6 is 0 Å². The van der Waals surface area contributed by atoms with Crippen LogP contribution in [-0.4, -0.2) is 37.2 Å². The number of ether oxygens (including phenoxy) is 3. The molecule has 0 aliphatic carbocycles. The van der Waals surface area contributed by atoms with Gasteiger partial charge >= 0.3 is 17.9 Å². The summed E-state index contributed by atoms with van der Waals surface area (Å²) in [7, 11) is 0. The molecule has 0 heterocycles. The number of unbranched alkanes of at least 4 members (excludes halogenated alkanes) is 19. The number of carbonyl (C=O) groups is 3. The third kappa shape index (κ3) is 63.7. The maximum atomic E-state index is 12.9. The minimum Gasteiger partial charge on any atom is -0.462 e. The highest BCUT2D eigenvalue weighted by atomic mass is 16.6. The fraction of sp³-hybridized carbons (Fsp3) is 0.603. The molecule has 0 aromatic rings. The molecule has 0 radical (unpaired) electrons. The topological polar surface area (TPSA) is 78.9 Å². The van der Waals surface area contributed by atoms with E-state index in [2.05, 4.69) is 167 Å². The fourth-order valence-corrected chi connectivity index (χ4v) is 8.36.